The van der Waals surface area contributed by atoms with Crippen LogP contribution in [0.3, 0.4) is 0 Å². The summed E-state index contributed by atoms with van der Waals surface area (Å²) in [5, 5.41) is 0. The first-order valence-electron chi connectivity index (χ1n) is 6.29. The Bertz CT molecular complexity index is 292. The van der Waals surface area contributed by atoms with Crippen LogP contribution in [0.25, 0.3) is 0 Å². The molecule has 2 saturated heterocycles. The summed E-state index contributed by atoms with van der Waals surface area (Å²) in [6, 6.07) is 0. The quantitative estimate of drug-likeness (QED) is 0.691. The van der Waals surface area contributed by atoms with E-state index >= 15 is 0 Å². The number of carbonyl (C=O) groups excluding carboxylic acids is 2. The fourth-order valence-electron chi connectivity index (χ4n) is 2.42. The lowest BCUT2D eigenvalue weighted by Crippen LogP contribution is -2.52. The molecule has 0 aliphatic carbocycles. The standard InChI is InChI=1S/C12H20N2O3/c1-10(15)9-13-4-6-14(7-5-13)12(16)11-3-2-8-17-11/h11H,2-9H2,1H3. The largest absolute Gasteiger partial charge is 0.368 e. The number of carbonyl (C=O) groups is 2. The van der Waals surface area contributed by atoms with Gasteiger partial charge < -0.3 is 9.64 Å². The van der Waals surface area contributed by atoms with Crippen LogP contribution in [-0.4, -0.2) is 66.9 Å². The molecule has 0 aromatic heterocycles. The van der Waals surface area contributed by atoms with Crippen molar-refractivity contribution >= 4 is 11.7 Å². The molecule has 0 bridgehead atoms. The average molecular weight is 240 g/mol. The van der Waals surface area contributed by atoms with Crippen LogP contribution in [0.4, 0.5) is 0 Å². The molecule has 0 aromatic carbocycles. The van der Waals surface area contributed by atoms with Crippen molar-refractivity contribution in [2.45, 2.75) is 25.9 Å². The van der Waals surface area contributed by atoms with E-state index in [9.17, 15) is 9.59 Å². The SMILES string of the molecule is CC(=O)CN1CCN(C(=O)C2CCCO2)CC1. The summed E-state index contributed by atoms with van der Waals surface area (Å²) in [7, 11) is 0. The Hall–Kier alpha value is -0.940. The van der Waals surface area contributed by atoms with E-state index in [-0.39, 0.29) is 17.8 Å². The fourth-order valence-corrected chi connectivity index (χ4v) is 2.42. The van der Waals surface area contributed by atoms with Crippen LogP contribution in [-0.2, 0) is 14.3 Å². The third-order valence-corrected chi connectivity index (χ3v) is 3.34. The number of ketones is 1. The van der Waals surface area contributed by atoms with E-state index in [1.54, 1.807) is 6.92 Å². The molecule has 0 spiro atoms. The lowest BCUT2D eigenvalue weighted by Gasteiger charge is -2.35. The van der Waals surface area contributed by atoms with Crippen LogP contribution in [0.1, 0.15) is 19.8 Å². The first-order chi connectivity index (χ1) is 8.16. The number of Topliss-reactive ketones (excluding diaryl/α,β-unsaturated/α-hetero) is 1. The molecule has 0 aromatic rings. The maximum atomic E-state index is 12.0. The van der Waals surface area contributed by atoms with E-state index < -0.39 is 0 Å². The van der Waals surface area contributed by atoms with Crippen molar-refractivity contribution in [1.82, 2.24) is 9.80 Å². The maximum Gasteiger partial charge on any atom is 0.251 e. The molecular formula is C12H20N2O3. The van der Waals surface area contributed by atoms with Gasteiger partial charge in [-0.1, -0.05) is 0 Å². The molecule has 2 heterocycles. The van der Waals surface area contributed by atoms with Crippen molar-refractivity contribution in [3.05, 3.63) is 0 Å². The third kappa shape index (κ3) is 3.26. The van der Waals surface area contributed by atoms with Gasteiger partial charge >= 0.3 is 0 Å². The Morgan fingerprint density at radius 3 is 2.47 bits per heavy atom. The summed E-state index contributed by atoms with van der Waals surface area (Å²) in [5.41, 5.74) is 0. The third-order valence-electron chi connectivity index (χ3n) is 3.34. The molecule has 5 heteroatoms. The van der Waals surface area contributed by atoms with Crippen LogP contribution >= 0.6 is 0 Å². The summed E-state index contributed by atoms with van der Waals surface area (Å²) >= 11 is 0. The smallest absolute Gasteiger partial charge is 0.251 e. The first-order valence-corrected chi connectivity index (χ1v) is 6.29. The number of nitrogens with zero attached hydrogens (tertiary/aromatic N) is 2. The van der Waals surface area contributed by atoms with Gasteiger partial charge in [0.1, 0.15) is 11.9 Å². The second-order valence-electron chi connectivity index (χ2n) is 4.81. The van der Waals surface area contributed by atoms with Gasteiger partial charge in [-0.05, 0) is 19.8 Å². The van der Waals surface area contributed by atoms with Gasteiger partial charge in [-0.15, -0.1) is 0 Å². The van der Waals surface area contributed by atoms with Crippen molar-refractivity contribution in [3.63, 3.8) is 0 Å². The van der Waals surface area contributed by atoms with Gasteiger partial charge in [0, 0.05) is 32.8 Å². The molecule has 0 saturated carbocycles. The van der Waals surface area contributed by atoms with E-state index in [1.807, 2.05) is 4.90 Å². The van der Waals surface area contributed by atoms with Gasteiger partial charge in [0.15, 0.2) is 0 Å². The zero-order valence-electron chi connectivity index (χ0n) is 10.4. The Labute approximate surface area is 102 Å². The highest BCUT2D eigenvalue weighted by Crippen LogP contribution is 2.15. The minimum absolute atomic E-state index is 0.130. The second-order valence-corrected chi connectivity index (χ2v) is 4.81. The predicted molar refractivity (Wildman–Crippen MR) is 62.7 cm³/mol. The molecule has 2 fully saturated rings. The predicted octanol–water partition coefficient (Wildman–Crippen LogP) is -0.101. The summed E-state index contributed by atoms with van der Waals surface area (Å²) in [6.45, 7) is 5.82. The van der Waals surface area contributed by atoms with Crippen LogP contribution in [0.2, 0.25) is 0 Å². The number of ether oxygens (including phenoxy) is 1. The molecule has 5 nitrogen and oxygen atoms in total. The molecule has 1 atom stereocenters. The van der Waals surface area contributed by atoms with Crippen molar-refractivity contribution in [3.8, 4) is 0 Å². The van der Waals surface area contributed by atoms with Gasteiger partial charge in [0.25, 0.3) is 5.91 Å². The van der Waals surface area contributed by atoms with Crippen molar-refractivity contribution in [1.29, 1.82) is 0 Å². The van der Waals surface area contributed by atoms with Crippen LogP contribution in [0, 0.1) is 0 Å². The molecule has 2 aliphatic rings. The van der Waals surface area contributed by atoms with Crippen LogP contribution in [0.5, 0.6) is 0 Å². The molecule has 2 rings (SSSR count). The number of amides is 1. The molecule has 17 heavy (non-hydrogen) atoms. The molecule has 96 valence electrons. The number of hydrogen-bond acceptors (Lipinski definition) is 4. The zero-order valence-corrected chi connectivity index (χ0v) is 10.4. The Morgan fingerprint density at radius 1 is 1.24 bits per heavy atom. The number of rotatable bonds is 3. The lowest BCUT2D eigenvalue weighted by molar-refractivity contribution is -0.142. The summed E-state index contributed by atoms with van der Waals surface area (Å²) in [6.07, 6.45) is 1.63. The van der Waals surface area contributed by atoms with Gasteiger partial charge in [0.05, 0.1) is 6.54 Å². The minimum atomic E-state index is -0.214. The van der Waals surface area contributed by atoms with Gasteiger partial charge in [0.2, 0.25) is 0 Å². The van der Waals surface area contributed by atoms with E-state index in [1.165, 1.54) is 0 Å². The van der Waals surface area contributed by atoms with Crippen molar-refractivity contribution in [2.24, 2.45) is 0 Å². The van der Waals surface area contributed by atoms with E-state index in [0.29, 0.717) is 26.2 Å². The lowest BCUT2D eigenvalue weighted by atomic mass is 10.2. The number of piperazine rings is 1. The highest BCUT2D eigenvalue weighted by Gasteiger charge is 2.30. The van der Waals surface area contributed by atoms with Gasteiger partial charge in [-0.3, -0.25) is 14.5 Å². The van der Waals surface area contributed by atoms with Crippen molar-refractivity contribution < 1.29 is 14.3 Å². The summed E-state index contributed by atoms with van der Waals surface area (Å²) in [5.74, 6) is 0.314. The molecule has 1 amide bonds. The number of hydrogen-bond donors (Lipinski definition) is 0. The molecule has 1 unspecified atom stereocenters. The Balaban J connectivity index is 1.78. The molecule has 2 aliphatic heterocycles. The highest BCUT2D eigenvalue weighted by molar-refractivity contribution is 5.81. The fraction of sp³-hybridized carbons (Fsp3) is 0.833. The van der Waals surface area contributed by atoms with Crippen LogP contribution < -0.4 is 0 Å². The Morgan fingerprint density at radius 2 is 1.94 bits per heavy atom. The van der Waals surface area contributed by atoms with E-state index in [0.717, 1.165) is 25.9 Å². The zero-order chi connectivity index (χ0) is 12.3. The van der Waals surface area contributed by atoms with E-state index in [2.05, 4.69) is 4.90 Å². The normalized spacial score (nSPS) is 26.2. The summed E-state index contributed by atoms with van der Waals surface area (Å²) in [4.78, 5) is 27.0. The Kier molecular flexibility index (Phi) is 4.12. The molecular weight excluding hydrogens is 220 g/mol. The van der Waals surface area contributed by atoms with Crippen molar-refractivity contribution in [2.75, 3.05) is 39.3 Å². The molecule has 0 N–H and O–H groups in total. The summed E-state index contributed by atoms with van der Waals surface area (Å²) < 4.78 is 5.40. The molecule has 0 radical (unpaired) electrons. The highest BCUT2D eigenvalue weighted by atomic mass is 16.5. The maximum absolute atomic E-state index is 12.0. The van der Waals surface area contributed by atoms with E-state index in [4.69, 9.17) is 4.74 Å². The van der Waals surface area contributed by atoms with Gasteiger partial charge in [-0.25, -0.2) is 0 Å². The topological polar surface area (TPSA) is 49.9 Å². The minimum Gasteiger partial charge on any atom is -0.368 e. The first kappa shape index (κ1) is 12.5. The second kappa shape index (κ2) is 5.60. The van der Waals surface area contributed by atoms with Crippen LogP contribution in [0.15, 0.2) is 0 Å². The monoisotopic (exact) mass is 240 g/mol. The van der Waals surface area contributed by atoms with Gasteiger partial charge in [-0.2, -0.15) is 0 Å². The average Bonchev–Trinajstić information content (AvgIpc) is 2.82.